The van der Waals surface area contributed by atoms with Gasteiger partial charge >= 0.3 is 5.97 Å². The summed E-state index contributed by atoms with van der Waals surface area (Å²) in [6, 6.07) is 13.4. The molecule has 0 spiro atoms. The summed E-state index contributed by atoms with van der Waals surface area (Å²) >= 11 is 0. The number of hydrogen-bond donors (Lipinski definition) is 1. The maximum absolute atomic E-state index is 13.4. The molecule has 1 amide bonds. The van der Waals surface area contributed by atoms with Crippen LogP contribution in [0.15, 0.2) is 42.5 Å². The fraction of sp³-hybridized carbons (Fsp3) is 0.391. The molecule has 1 N–H and O–H groups in total. The smallest absolute Gasteiger partial charge is 0.335 e. The molecular weight excluding hydrogens is 354 g/mol. The van der Waals surface area contributed by atoms with Gasteiger partial charge in [-0.25, -0.2) is 4.79 Å². The van der Waals surface area contributed by atoms with Gasteiger partial charge in [-0.2, -0.15) is 0 Å². The van der Waals surface area contributed by atoms with E-state index in [2.05, 4.69) is 24.3 Å². The molecule has 5 heteroatoms. The monoisotopic (exact) mass is 379 g/mol. The molecule has 0 bridgehead atoms. The third-order valence-corrected chi connectivity index (χ3v) is 5.82. The summed E-state index contributed by atoms with van der Waals surface area (Å²) in [7, 11) is 0. The van der Waals surface area contributed by atoms with E-state index in [0.29, 0.717) is 19.7 Å². The summed E-state index contributed by atoms with van der Waals surface area (Å²) in [5.74, 6) is -1.02. The molecular formula is C23H25NO4. The molecule has 0 saturated carbocycles. The van der Waals surface area contributed by atoms with Gasteiger partial charge in [-0.1, -0.05) is 35.9 Å². The predicted octanol–water partition coefficient (Wildman–Crippen LogP) is 3.75. The van der Waals surface area contributed by atoms with Crippen molar-refractivity contribution < 1.29 is 19.4 Å². The van der Waals surface area contributed by atoms with Gasteiger partial charge in [-0.05, 0) is 55.0 Å². The Morgan fingerprint density at radius 2 is 1.89 bits per heavy atom. The van der Waals surface area contributed by atoms with Gasteiger partial charge in [0.25, 0.3) is 0 Å². The van der Waals surface area contributed by atoms with Crippen molar-refractivity contribution in [1.29, 1.82) is 0 Å². The van der Waals surface area contributed by atoms with E-state index >= 15 is 0 Å². The van der Waals surface area contributed by atoms with Gasteiger partial charge in [-0.15, -0.1) is 0 Å². The number of carboxylic acid groups (broad SMARTS) is 1. The number of rotatable bonds is 3. The van der Waals surface area contributed by atoms with Crippen LogP contribution >= 0.6 is 0 Å². The number of hydrogen-bond acceptors (Lipinski definition) is 3. The molecule has 2 aromatic rings. The molecule has 4 rings (SSSR count). The highest BCUT2D eigenvalue weighted by Gasteiger charge is 2.36. The van der Waals surface area contributed by atoms with E-state index in [1.807, 2.05) is 17.9 Å². The minimum absolute atomic E-state index is 0.108. The lowest BCUT2D eigenvalue weighted by Gasteiger charge is -2.37. The molecule has 0 aromatic heterocycles. The van der Waals surface area contributed by atoms with Gasteiger partial charge in [0.15, 0.2) is 0 Å². The van der Waals surface area contributed by atoms with Gasteiger partial charge in [0.1, 0.15) is 0 Å². The zero-order chi connectivity index (χ0) is 19.7. The summed E-state index contributed by atoms with van der Waals surface area (Å²) in [6.45, 7) is 3.85. The third-order valence-electron chi connectivity index (χ3n) is 5.82. The fourth-order valence-corrected chi connectivity index (χ4v) is 4.23. The van der Waals surface area contributed by atoms with E-state index in [-0.39, 0.29) is 23.5 Å². The predicted molar refractivity (Wildman–Crippen MR) is 105 cm³/mol. The minimum atomic E-state index is -0.939. The average Bonchev–Trinajstić information content (AvgIpc) is 2.73. The first-order valence-electron chi connectivity index (χ1n) is 9.85. The molecule has 2 atom stereocenters. The molecule has 2 aliphatic rings. The Morgan fingerprint density at radius 3 is 2.64 bits per heavy atom. The summed E-state index contributed by atoms with van der Waals surface area (Å²) in [4.78, 5) is 26.5. The van der Waals surface area contributed by atoms with Crippen molar-refractivity contribution in [1.82, 2.24) is 4.90 Å². The van der Waals surface area contributed by atoms with Crippen molar-refractivity contribution in [2.75, 3.05) is 13.2 Å². The number of amides is 1. The van der Waals surface area contributed by atoms with Gasteiger partial charge in [0.2, 0.25) is 5.91 Å². The van der Waals surface area contributed by atoms with Gasteiger partial charge in [-0.3, -0.25) is 4.79 Å². The zero-order valence-corrected chi connectivity index (χ0v) is 16.1. The normalized spacial score (nSPS) is 21.8. The topological polar surface area (TPSA) is 66.8 Å². The van der Waals surface area contributed by atoms with Crippen LogP contribution in [0.25, 0.3) is 0 Å². The van der Waals surface area contributed by atoms with Crippen molar-refractivity contribution >= 4 is 11.9 Å². The van der Waals surface area contributed by atoms with Crippen LogP contribution in [0, 0.1) is 12.8 Å². The van der Waals surface area contributed by atoms with E-state index in [0.717, 1.165) is 36.0 Å². The molecule has 0 aliphatic carbocycles. The number of carboxylic acids is 1. The Balaban J connectivity index is 1.55. The van der Waals surface area contributed by atoms with Gasteiger partial charge in [0.05, 0.1) is 17.6 Å². The third kappa shape index (κ3) is 3.67. The Bertz CT molecular complexity index is 890. The van der Waals surface area contributed by atoms with Gasteiger partial charge < -0.3 is 14.7 Å². The lowest BCUT2D eigenvalue weighted by Crippen LogP contribution is -2.43. The van der Waals surface area contributed by atoms with Crippen molar-refractivity contribution in [3.63, 3.8) is 0 Å². The number of nitrogens with zero attached hydrogens (tertiary/aromatic N) is 1. The Morgan fingerprint density at radius 1 is 1.11 bits per heavy atom. The quantitative estimate of drug-likeness (QED) is 0.882. The van der Waals surface area contributed by atoms with Crippen molar-refractivity contribution in [3.05, 3.63) is 70.3 Å². The average molecular weight is 379 g/mol. The second-order valence-electron chi connectivity index (χ2n) is 7.75. The van der Waals surface area contributed by atoms with E-state index in [9.17, 15) is 14.7 Å². The van der Waals surface area contributed by atoms with Crippen LogP contribution in [-0.2, 0) is 22.5 Å². The maximum atomic E-state index is 13.4. The summed E-state index contributed by atoms with van der Waals surface area (Å²) in [5, 5.41) is 9.25. The molecule has 5 nitrogen and oxygen atoms in total. The molecule has 1 saturated heterocycles. The van der Waals surface area contributed by atoms with Crippen LogP contribution in [0.1, 0.15) is 51.6 Å². The van der Waals surface area contributed by atoms with Gasteiger partial charge in [0, 0.05) is 19.7 Å². The molecule has 2 heterocycles. The largest absolute Gasteiger partial charge is 0.478 e. The fourth-order valence-electron chi connectivity index (χ4n) is 4.23. The number of fused-ring (bicyclic) bond motifs is 1. The lowest BCUT2D eigenvalue weighted by atomic mass is 9.87. The first-order valence-corrected chi connectivity index (χ1v) is 9.85. The Kier molecular flexibility index (Phi) is 5.18. The Labute approximate surface area is 164 Å². The number of benzene rings is 2. The lowest BCUT2D eigenvalue weighted by molar-refractivity contribution is -0.146. The van der Waals surface area contributed by atoms with E-state index in [4.69, 9.17) is 4.74 Å². The second kappa shape index (κ2) is 7.76. The van der Waals surface area contributed by atoms with Crippen molar-refractivity contribution in [3.8, 4) is 0 Å². The van der Waals surface area contributed by atoms with Crippen molar-refractivity contribution in [2.24, 2.45) is 5.92 Å². The maximum Gasteiger partial charge on any atom is 0.335 e. The minimum Gasteiger partial charge on any atom is -0.478 e. The van der Waals surface area contributed by atoms with Crippen LogP contribution in [0.2, 0.25) is 0 Å². The first kappa shape index (κ1) is 18.7. The molecule has 2 unspecified atom stereocenters. The number of ether oxygens (including phenoxy) is 1. The number of carbonyl (C=O) groups is 2. The molecule has 146 valence electrons. The van der Waals surface area contributed by atoms with E-state index < -0.39 is 5.97 Å². The molecule has 2 aliphatic heterocycles. The standard InChI is InChI=1S/C23H25NO4/c1-15-4-6-17(7-5-15)21-20(3-2-12-28-21)22(25)24-11-10-16-8-9-18(23(26)27)13-19(16)14-24/h4-9,13,20-21H,2-3,10-12,14H2,1H3,(H,26,27). The zero-order valence-electron chi connectivity index (χ0n) is 16.1. The van der Waals surface area contributed by atoms with E-state index in [1.165, 1.54) is 5.56 Å². The summed E-state index contributed by atoms with van der Waals surface area (Å²) < 4.78 is 6.02. The molecule has 1 fully saturated rings. The first-order chi connectivity index (χ1) is 13.5. The highest BCUT2D eigenvalue weighted by Crippen LogP contribution is 2.36. The SMILES string of the molecule is Cc1ccc(C2OCCCC2C(=O)N2CCc3ccc(C(=O)O)cc3C2)cc1. The van der Waals surface area contributed by atoms with Crippen LogP contribution < -0.4 is 0 Å². The molecule has 2 aromatic carbocycles. The van der Waals surface area contributed by atoms with Crippen LogP contribution in [0.5, 0.6) is 0 Å². The summed E-state index contributed by atoms with van der Waals surface area (Å²) in [5.41, 5.74) is 4.57. The highest BCUT2D eigenvalue weighted by molar-refractivity contribution is 5.88. The molecule has 0 radical (unpaired) electrons. The van der Waals surface area contributed by atoms with Crippen LogP contribution in [0.3, 0.4) is 0 Å². The highest BCUT2D eigenvalue weighted by atomic mass is 16.5. The van der Waals surface area contributed by atoms with Crippen LogP contribution in [0.4, 0.5) is 0 Å². The van der Waals surface area contributed by atoms with Crippen LogP contribution in [-0.4, -0.2) is 35.0 Å². The molecule has 28 heavy (non-hydrogen) atoms. The Hall–Kier alpha value is -2.66. The number of aromatic carboxylic acids is 1. The number of aryl methyl sites for hydroxylation is 1. The van der Waals surface area contributed by atoms with Crippen molar-refractivity contribution in [2.45, 2.75) is 38.8 Å². The number of carbonyl (C=O) groups excluding carboxylic acids is 1. The second-order valence-corrected chi connectivity index (χ2v) is 7.75. The summed E-state index contributed by atoms with van der Waals surface area (Å²) in [6.07, 6.45) is 2.24. The van der Waals surface area contributed by atoms with E-state index in [1.54, 1.807) is 12.1 Å².